The van der Waals surface area contributed by atoms with Crippen molar-refractivity contribution in [2.24, 2.45) is 0 Å². The van der Waals surface area contributed by atoms with E-state index in [0.29, 0.717) is 23.1 Å². The second-order valence-corrected chi connectivity index (χ2v) is 7.96. The average molecular weight is 370 g/mol. The average Bonchev–Trinajstić information content (AvgIpc) is 2.91. The molecule has 0 amide bonds. The lowest BCUT2D eigenvalue weighted by Crippen LogP contribution is -2.44. The highest BCUT2D eigenvalue weighted by atomic mass is 35.5. The number of aliphatic carboxylic acids is 1. The zero-order valence-corrected chi connectivity index (χ0v) is 15.5. The molecule has 4 nitrogen and oxygen atoms in total. The van der Waals surface area contributed by atoms with Gasteiger partial charge in [0.25, 0.3) is 0 Å². The molecule has 0 fully saturated rings. The zero-order valence-electron chi connectivity index (χ0n) is 14.0. The molecule has 6 heteroatoms. The van der Waals surface area contributed by atoms with Crippen molar-refractivity contribution in [2.75, 3.05) is 6.61 Å². The number of carboxylic acid groups (broad SMARTS) is 1. The highest BCUT2D eigenvalue weighted by Crippen LogP contribution is 2.50. The number of halogens is 2. The van der Waals surface area contributed by atoms with Gasteiger partial charge in [-0.2, -0.15) is 0 Å². The summed E-state index contributed by atoms with van der Waals surface area (Å²) in [5, 5.41) is 11.5. The number of carboxylic acids is 1. The van der Waals surface area contributed by atoms with Crippen molar-refractivity contribution < 1.29 is 14.6 Å². The van der Waals surface area contributed by atoms with Crippen LogP contribution in [-0.4, -0.2) is 22.7 Å². The van der Waals surface area contributed by atoms with Gasteiger partial charge in [0.05, 0.1) is 34.3 Å². The lowest BCUT2D eigenvalue weighted by atomic mass is 9.74. The minimum absolute atomic E-state index is 0.0913. The Hall–Kier alpha value is -1.23. The normalized spacial score (nSPS) is 22.5. The van der Waals surface area contributed by atoms with E-state index >= 15 is 0 Å². The minimum atomic E-state index is -0.884. The lowest BCUT2D eigenvalue weighted by Gasteiger charge is -2.43. The van der Waals surface area contributed by atoms with Crippen LogP contribution in [0.15, 0.2) is 12.1 Å². The van der Waals surface area contributed by atoms with Gasteiger partial charge in [-0.05, 0) is 24.1 Å². The molecule has 3 rings (SSSR count). The molecule has 0 saturated heterocycles. The number of hydrogen-bond acceptors (Lipinski definition) is 2. The molecule has 1 aromatic carbocycles. The largest absolute Gasteiger partial charge is 0.481 e. The van der Waals surface area contributed by atoms with Gasteiger partial charge < -0.3 is 14.8 Å². The summed E-state index contributed by atoms with van der Waals surface area (Å²) in [5.41, 5.74) is 1.40. The Morgan fingerprint density at radius 2 is 2.00 bits per heavy atom. The van der Waals surface area contributed by atoms with Crippen LogP contribution in [0.25, 0.3) is 10.9 Å². The molecule has 2 aromatic rings. The van der Waals surface area contributed by atoms with Crippen molar-refractivity contribution in [3.8, 4) is 0 Å². The van der Waals surface area contributed by atoms with Crippen LogP contribution < -0.4 is 0 Å². The first-order valence-electron chi connectivity index (χ1n) is 8.08. The number of hydrogen-bond donors (Lipinski definition) is 2. The predicted octanol–water partition coefficient (Wildman–Crippen LogP) is 5.25. The first-order valence-corrected chi connectivity index (χ1v) is 8.84. The van der Waals surface area contributed by atoms with E-state index in [1.54, 1.807) is 12.1 Å². The monoisotopic (exact) mass is 369 g/mol. The van der Waals surface area contributed by atoms with Gasteiger partial charge in [-0.25, -0.2) is 0 Å². The van der Waals surface area contributed by atoms with E-state index < -0.39 is 11.6 Å². The van der Waals surface area contributed by atoms with Gasteiger partial charge in [0, 0.05) is 10.8 Å². The fourth-order valence-electron chi connectivity index (χ4n) is 3.79. The van der Waals surface area contributed by atoms with E-state index in [-0.39, 0.29) is 11.8 Å². The van der Waals surface area contributed by atoms with Crippen molar-refractivity contribution in [2.45, 2.75) is 51.0 Å². The number of rotatable bonds is 4. The second kappa shape index (κ2) is 5.94. The zero-order chi connectivity index (χ0) is 17.7. The maximum absolute atomic E-state index is 11.5. The van der Waals surface area contributed by atoms with Crippen LogP contribution in [0.1, 0.15) is 51.3 Å². The Bertz CT molecular complexity index is 812. The first kappa shape index (κ1) is 17.6. The quantitative estimate of drug-likeness (QED) is 0.772. The van der Waals surface area contributed by atoms with Gasteiger partial charge in [-0.1, -0.05) is 50.4 Å². The van der Waals surface area contributed by atoms with Crippen molar-refractivity contribution in [3.63, 3.8) is 0 Å². The highest BCUT2D eigenvalue weighted by Gasteiger charge is 2.47. The van der Waals surface area contributed by atoms with E-state index in [9.17, 15) is 9.90 Å². The first-order chi connectivity index (χ1) is 11.2. The maximum Gasteiger partial charge on any atom is 0.306 e. The molecule has 0 aliphatic carbocycles. The molecule has 1 unspecified atom stereocenters. The Kier molecular flexibility index (Phi) is 4.35. The van der Waals surface area contributed by atoms with Crippen LogP contribution >= 0.6 is 23.2 Å². The summed E-state index contributed by atoms with van der Waals surface area (Å²) in [7, 11) is 0. The van der Waals surface area contributed by atoms with Gasteiger partial charge >= 0.3 is 5.97 Å². The van der Waals surface area contributed by atoms with Gasteiger partial charge in [0.1, 0.15) is 5.60 Å². The summed E-state index contributed by atoms with van der Waals surface area (Å²) in [6, 6.07) is 3.53. The molecule has 24 heavy (non-hydrogen) atoms. The van der Waals surface area contributed by atoms with Crippen LogP contribution in [0.4, 0.5) is 0 Å². The second-order valence-electron chi connectivity index (χ2n) is 7.14. The number of aromatic nitrogens is 1. The van der Waals surface area contributed by atoms with Crippen LogP contribution in [0.5, 0.6) is 0 Å². The molecule has 0 radical (unpaired) electrons. The van der Waals surface area contributed by atoms with E-state index in [2.05, 4.69) is 18.8 Å². The Balaban J connectivity index is 2.37. The Labute approximate surface area is 151 Å². The molecule has 1 aromatic heterocycles. The van der Waals surface area contributed by atoms with Crippen molar-refractivity contribution in [1.82, 2.24) is 4.98 Å². The van der Waals surface area contributed by atoms with Gasteiger partial charge in [0.15, 0.2) is 0 Å². The summed E-state index contributed by atoms with van der Waals surface area (Å²) >= 11 is 12.8. The van der Waals surface area contributed by atoms with Gasteiger partial charge in [-0.15, -0.1) is 0 Å². The number of aromatic amines is 1. The molecule has 2 N–H and O–H groups in total. The Morgan fingerprint density at radius 3 is 2.62 bits per heavy atom. The van der Waals surface area contributed by atoms with Crippen LogP contribution in [0.3, 0.4) is 0 Å². The predicted molar refractivity (Wildman–Crippen MR) is 96.1 cm³/mol. The number of H-pyrrole nitrogens is 1. The number of carbonyl (C=O) groups is 1. The molecular weight excluding hydrogens is 349 g/mol. The maximum atomic E-state index is 11.5. The molecule has 2 heterocycles. The lowest BCUT2D eigenvalue weighted by molar-refractivity contribution is -0.152. The summed E-state index contributed by atoms with van der Waals surface area (Å²) < 4.78 is 6.17. The SMILES string of the molecule is CCCC1(CC(=O)O)OCC(C)(C)c2c1[nH]c1c(Cl)ccc(Cl)c21. The number of ether oxygens (including phenoxy) is 1. The van der Waals surface area contributed by atoms with Crippen molar-refractivity contribution >= 4 is 40.1 Å². The molecular formula is C18H21Cl2NO3. The standard InChI is InChI=1S/C18H21Cl2NO3/c1-4-7-18(8-12(22)23)16-14(17(2,3)9-24-18)13-10(19)5-6-11(20)15(13)21-16/h5-6,21H,4,7-9H2,1-3H3,(H,22,23). The van der Waals surface area contributed by atoms with E-state index in [1.165, 1.54) is 0 Å². The van der Waals surface area contributed by atoms with Crippen LogP contribution in [0, 0.1) is 0 Å². The van der Waals surface area contributed by atoms with E-state index in [0.717, 1.165) is 28.6 Å². The molecule has 0 spiro atoms. The molecule has 0 bridgehead atoms. The molecule has 1 atom stereocenters. The number of fused-ring (bicyclic) bond motifs is 3. The number of benzene rings is 1. The minimum Gasteiger partial charge on any atom is -0.481 e. The third-order valence-corrected chi connectivity index (χ3v) is 5.42. The third-order valence-electron chi connectivity index (χ3n) is 4.79. The topological polar surface area (TPSA) is 62.3 Å². The third kappa shape index (κ3) is 2.61. The van der Waals surface area contributed by atoms with Crippen LogP contribution in [0.2, 0.25) is 10.0 Å². The molecule has 130 valence electrons. The van der Waals surface area contributed by atoms with E-state index in [1.807, 2.05) is 6.92 Å². The van der Waals surface area contributed by atoms with E-state index in [4.69, 9.17) is 27.9 Å². The van der Waals surface area contributed by atoms with Gasteiger partial charge in [0.2, 0.25) is 0 Å². The molecule has 1 aliphatic heterocycles. The summed E-state index contributed by atoms with van der Waals surface area (Å²) in [6.07, 6.45) is 1.33. The fourth-order valence-corrected chi connectivity index (χ4v) is 4.24. The van der Waals surface area contributed by atoms with Crippen molar-refractivity contribution in [3.05, 3.63) is 33.4 Å². The smallest absolute Gasteiger partial charge is 0.306 e. The van der Waals surface area contributed by atoms with Crippen LogP contribution in [-0.2, 0) is 20.5 Å². The molecule has 0 saturated carbocycles. The molecule has 1 aliphatic rings. The number of nitrogens with one attached hydrogen (secondary N) is 1. The highest BCUT2D eigenvalue weighted by molar-refractivity contribution is 6.40. The Morgan fingerprint density at radius 1 is 1.33 bits per heavy atom. The van der Waals surface area contributed by atoms with Crippen molar-refractivity contribution in [1.29, 1.82) is 0 Å². The fraction of sp³-hybridized carbons (Fsp3) is 0.500. The summed E-state index contributed by atoms with van der Waals surface area (Å²) in [5.74, 6) is -0.884. The summed E-state index contributed by atoms with van der Waals surface area (Å²) in [6.45, 7) is 6.61. The van der Waals surface area contributed by atoms with Gasteiger partial charge in [-0.3, -0.25) is 4.79 Å². The summed E-state index contributed by atoms with van der Waals surface area (Å²) in [4.78, 5) is 14.9.